The van der Waals surface area contributed by atoms with E-state index in [0.717, 1.165) is 30.7 Å². The van der Waals surface area contributed by atoms with Gasteiger partial charge in [0, 0.05) is 11.6 Å². The van der Waals surface area contributed by atoms with E-state index in [2.05, 4.69) is 10.3 Å². The molecule has 1 aromatic heterocycles. The minimum absolute atomic E-state index is 0.0651. The molecular formula is C17H18N2O3S. The molecule has 1 saturated carbocycles. The van der Waals surface area contributed by atoms with Crippen LogP contribution in [0.3, 0.4) is 0 Å². The van der Waals surface area contributed by atoms with Crippen molar-refractivity contribution in [1.29, 1.82) is 0 Å². The van der Waals surface area contributed by atoms with Gasteiger partial charge in [0.15, 0.2) is 0 Å². The summed E-state index contributed by atoms with van der Waals surface area (Å²) in [5, 5.41) is 15.2. The minimum atomic E-state index is -1.01. The second-order valence-electron chi connectivity index (χ2n) is 5.81. The Morgan fingerprint density at radius 2 is 2.00 bits per heavy atom. The predicted molar refractivity (Wildman–Crippen MR) is 87.5 cm³/mol. The van der Waals surface area contributed by atoms with Gasteiger partial charge in [-0.05, 0) is 24.5 Å². The van der Waals surface area contributed by atoms with E-state index in [1.807, 2.05) is 5.38 Å². The molecule has 3 rings (SSSR count). The molecule has 1 aliphatic carbocycles. The molecule has 2 N–H and O–H groups in total. The Bertz CT molecular complexity index is 706. The van der Waals surface area contributed by atoms with Crippen LogP contribution in [0.5, 0.6) is 0 Å². The number of carbonyl (C=O) groups is 2. The van der Waals surface area contributed by atoms with Crippen molar-refractivity contribution in [2.24, 2.45) is 0 Å². The third-order valence-electron chi connectivity index (χ3n) is 4.28. The number of carbonyl (C=O) groups excluding carboxylic acids is 1. The van der Waals surface area contributed by atoms with Gasteiger partial charge in [-0.25, -0.2) is 9.78 Å². The zero-order chi connectivity index (χ0) is 16.3. The Hall–Kier alpha value is -2.21. The summed E-state index contributed by atoms with van der Waals surface area (Å²) in [7, 11) is 0. The summed E-state index contributed by atoms with van der Waals surface area (Å²) < 4.78 is 0. The molecule has 5 nitrogen and oxygen atoms in total. The lowest BCUT2D eigenvalue weighted by molar-refractivity contribution is -0.122. The molecule has 1 amide bonds. The van der Waals surface area contributed by atoms with Crippen LogP contribution in [0, 0.1) is 0 Å². The zero-order valence-electron chi connectivity index (χ0n) is 12.6. The molecule has 0 spiro atoms. The first kappa shape index (κ1) is 15.7. The van der Waals surface area contributed by atoms with Crippen LogP contribution in [0.15, 0.2) is 35.8 Å². The van der Waals surface area contributed by atoms with Crippen LogP contribution in [0.4, 0.5) is 0 Å². The van der Waals surface area contributed by atoms with Crippen LogP contribution in [0.2, 0.25) is 0 Å². The normalized spacial score (nSPS) is 16.2. The van der Waals surface area contributed by atoms with Gasteiger partial charge in [-0.15, -0.1) is 11.3 Å². The molecule has 2 aromatic rings. The van der Waals surface area contributed by atoms with Crippen LogP contribution in [0.1, 0.15) is 46.6 Å². The molecule has 1 aromatic carbocycles. The van der Waals surface area contributed by atoms with E-state index in [0.29, 0.717) is 5.56 Å². The first-order chi connectivity index (χ1) is 11.1. The highest BCUT2D eigenvalue weighted by atomic mass is 32.1. The van der Waals surface area contributed by atoms with Gasteiger partial charge in [-0.2, -0.15) is 0 Å². The third kappa shape index (κ3) is 3.27. The van der Waals surface area contributed by atoms with Crippen molar-refractivity contribution in [1.82, 2.24) is 10.3 Å². The highest BCUT2D eigenvalue weighted by Gasteiger charge is 2.39. The molecule has 0 unspecified atom stereocenters. The topological polar surface area (TPSA) is 79.3 Å². The lowest BCUT2D eigenvalue weighted by Crippen LogP contribution is -2.44. The molecule has 0 atom stereocenters. The van der Waals surface area contributed by atoms with Gasteiger partial charge in [-0.3, -0.25) is 4.79 Å². The number of hydrogen-bond donors (Lipinski definition) is 2. The fourth-order valence-corrected chi connectivity index (χ4v) is 4.05. The zero-order valence-corrected chi connectivity index (χ0v) is 13.4. The first-order valence-electron chi connectivity index (χ1n) is 7.63. The average molecular weight is 330 g/mol. The molecular weight excluding hydrogens is 312 g/mol. The minimum Gasteiger partial charge on any atom is -0.478 e. The Morgan fingerprint density at radius 1 is 1.26 bits per heavy atom. The number of carboxylic acid groups (broad SMARTS) is 1. The highest BCUT2D eigenvalue weighted by Crippen LogP contribution is 2.39. The van der Waals surface area contributed by atoms with Crippen LogP contribution in [-0.4, -0.2) is 22.0 Å². The maximum absolute atomic E-state index is 12.5. The van der Waals surface area contributed by atoms with Crippen molar-refractivity contribution in [3.63, 3.8) is 0 Å². The van der Waals surface area contributed by atoms with Gasteiger partial charge in [-0.1, -0.05) is 31.0 Å². The van der Waals surface area contributed by atoms with E-state index in [1.165, 1.54) is 6.07 Å². The summed E-state index contributed by atoms with van der Waals surface area (Å²) >= 11 is 1.56. The number of thiazole rings is 1. The number of hydrogen-bond acceptors (Lipinski definition) is 4. The molecule has 0 radical (unpaired) electrons. The van der Waals surface area contributed by atoms with Crippen molar-refractivity contribution in [3.8, 4) is 0 Å². The fraction of sp³-hybridized carbons (Fsp3) is 0.353. The van der Waals surface area contributed by atoms with E-state index in [1.54, 1.807) is 35.7 Å². The summed E-state index contributed by atoms with van der Waals surface area (Å²) in [6, 6.07) is 6.63. The number of nitrogens with zero attached hydrogens (tertiary/aromatic N) is 1. The molecule has 0 saturated heterocycles. The van der Waals surface area contributed by atoms with Gasteiger partial charge in [0.2, 0.25) is 5.91 Å². The maximum atomic E-state index is 12.5. The molecule has 23 heavy (non-hydrogen) atoms. The lowest BCUT2D eigenvalue weighted by atomic mass is 9.97. The van der Waals surface area contributed by atoms with E-state index in [9.17, 15) is 14.7 Å². The van der Waals surface area contributed by atoms with Crippen LogP contribution in [0.25, 0.3) is 0 Å². The van der Waals surface area contributed by atoms with Crippen LogP contribution < -0.4 is 5.32 Å². The second kappa shape index (κ2) is 6.50. The van der Waals surface area contributed by atoms with E-state index < -0.39 is 5.97 Å². The number of amides is 1. The molecule has 6 heteroatoms. The largest absolute Gasteiger partial charge is 0.478 e. The van der Waals surface area contributed by atoms with Gasteiger partial charge in [0.05, 0.1) is 17.5 Å². The second-order valence-corrected chi connectivity index (χ2v) is 6.71. The van der Waals surface area contributed by atoms with E-state index >= 15 is 0 Å². The summed E-state index contributed by atoms with van der Waals surface area (Å²) in [6.45, 7) is 0. The van der Waals surface area contributed by atoms with Crippen LogP contribution in [-0.2, 0) is 16.8 Å². The van der Waals surface area contributed by atoms with Crippen LogP contribution >= 0.6 is 11.3 Å². The molecule has 0 aliphatic heterocycles. The first-order valence-corrected chi connectivity index (χ1v) is 8.51. The van der Waals surface area contributed by atoms with Gasteiger partial charge in [0.25, 0.3) is 0 Å². The van der Waals surface area contributed by atoms with Crippen molar-refractivity contribution in [2.75, 3.05) is 0 Å². The van der Waals surface area contributed by atoms with Gasteiger partial charge in [0.1, 0.15) is 5.01 Å². The monoisotopic (exact) mass is 330 g/mol. The summed E-state index contributed by atoms with van der Waals surface area (Å²) in [6.07, 6.45) is 5.71. The molecule has 0 bridgehead atoms. The van der Waals surface area contributed by atoms with Crippen molar-refractivity contribution >= 4 is 23.2 Å². The smallest absolute Gasteiger partial charge is 0.335 e. The van der Waals surface area contributed by atoms with E-state index in [-0.39, 0.29) is 23.4 Å². The number of benzene rings is 1. The Morgan fingerprint density at radius 3 is 2.65 bits per heavy atom. The number of carboxylic acids is 1. The quantitative estimate of drug-likeness (QED) is 0.883. The number of aromatic carboxylic acids is 1. The van der Waals surface area contributed by atoms with Gasteiger partial charge >= 0.3 is 5.97 Å². The number of aromatic nitrogens is 1. The van der Waals surface area contributed by atoms with Crippen molar-refractivity contribution < 1.29 is 14.7 Å². The Labute approximate surface area is 138 Å². The van der Waals surface area contributed by atoms with E-state index in [4.69, 9.17) is 0 Å². The molecule has 120 valence electrons. The lowest BCUT2D eigenvalue weighted by Gasteiger charge is -2.28. The summed E-state index contributed by atoms with van der Waals surface area (Å²) in [5.41, 5.74) is 0.325. The van der Waals surface area contributed by atoms with Crippen molar-refractivity contribution in [2.45, 2.75) is 37.6 Å². The summed E-state index contributed by atoms with van der Waals surface area (Å²) in [5.74, 6) is -1.17. The SMILES string of the molecule is O=C(Cc1ccccc1C(=O)O)NC1(c2nccs2)CCCC1. The van der Waals surface area contributed by atoms with Crippen molar-refractivity contribution in [3.05, 3.63) is 52.0 Å². The standard InChI is InChI=1S/C17H18N2O3S/c20-14(11-12-5-1-2-6-13(12)15(21)22)19-17(7-3-4-8-17)16-18-9-10-23-16/h1-2,5-6,9-10H,3-4,7-8,11H2,(H,19,20)(H,21,22). The molecule has 1 aliphatic rings. The molecule has 1 fully saturated rings. The number of nitrogens with one attached hydrogen (secondary N) is 1. The maximum Gasteiger partial charge on any atom is 0.335 e. The Kier molecular flexibility index (Phi) is 4.43. The molecule has 1 heterocycles. The highest BCUT2D eigenvalue weighted by molar-refractivity contribution is 7.09. The average Bonchev–Trinajstić information content (AvgIpc) is 3.19. The third-order valence-corrected chi connectivity index (χ3v) is 5.25. The van der Waals surface area contributed by atoms with Gasteiger partial charge < -0.3 is 10.4 Å². The number of rotatable bonds is 5. The Balaban J connectivity index is 1.78. The predicted octanol–water partition coefficient (Wildman–Crippen LogP) is 2.97. The summed E-state index contributed by atoms with van der Waals surface area (Å²) in [4.78, 5) is 28.2. The fourth-order valence-electron chi connectivity index (χ4n) is 3.20.